The summed E-state index contributed by atoms with van der Waals surface area (Å²) in [6, 6.07) is 14.7. The molecule has 1 fully saturated rings. The van der Waals surface area contributed by atoms with Gasteiger partial charge in [0, 0.05) is 0 Å². The quantitative estimate of drug-likeness (QED) is 0.241. The highest BCUT2D eigenvalue weighted by molar-refractivity contribution is 9.10. The lowest BCUT2D eigenvalue weighted by molar-refractivity contribution is -0.122. The Hall–Kier alpha value is -4.16. The van der Waals surface area contributed by atoms with Crippen LogP contribution in [-0.4, -0.2) is 38.0 Å². The highest BCUT2D eigenvalue weighted by Gasteiger charge is 2.37. The number of carbonyl (C=O) groups excluding carboxylic acids is 3. The van der Waals surface area contributed by atoms with Crippen molar-refractivity contribution in [3.63, 3.8) is 0 Å². The molecule has 1 heterocycles. The predicted octanol–water partition coefficient (Wildman–Crippen LogP) is 3.99. The number of nitrogens with one attached hydrogen (secondary N) is 1. The van der Waals surface area contributed by atoms with Crippen LogP contribution >= 0.6 is 15.9 Å². The first-order valence-electron chi connectivity index (χ1n) is 10.8. The Morgan fingerprint density at radius 3 is 2.35 bits per heavy atom. The molecule has 0 unspecified atom stereocenters. The van der Waals surface area contributed by atoms with E-state index in [0.29, 0.717) is 5.56 Å². The van der Waals surface area contributed by atoms with Crippen LogP contribution < -0.4 is 19.1 Å². The number of phenolic OH excluding ortho intramolecular Hbond substituents is 1. The minimum atomic E-state index is -4.19. The molecule has 0 radical (unpaired) electrons. The van der Waals surface area contributed by atoms with Crippen molar-refractivity contribution in [2.75, 3.05) is 11.5 Å². The summed E-state index contributed by atoms with van der Waals surface area (Å²) < 4.78 is 36.6. The molecule has 1 saturated heterocycles. The number of barbiturate groups is 1. The van der Waals surface area contributed by atoms with Gasteiger partial charge in [0.1, 0.15) is 16.2 Å². The minimum Gasteiger partial charge on any atom is -0.508 e. The van der Waals surface area contributed by atoms with E-state index >= 15 is 0 Å². The highest BCUT2D eigenvalue weighted by Crippen LogP contribution is 2.39. The molecule has 4 rings (SSSR count). The van der Waals surface area contributed by atoms with Crippen LogP contribution in [0.1, 0.15) is 12.5 Å². The number of benzene rings is 3. The van der Waals surface area contributed by atoms with E-state index in [1.54, 1.807) is 25.1 Å². The van der Waals surface area contributed by atoms with Crippen molar-refractivity contribution in [1.29, 1.82) is 0 Å². The maximum absolute atomic E-state index is 13.1. The van der Waals surface area contributed by atoms with E-state index in [0.717, 1.165) is 4.90 Å². The Balaban J connectivity index is 1.72. The second-order valence-corrected chi connectivity index (χ2v) is 9.99. The molecular weight excluding hydrogens is 568 g/mol. The number of hydrogen-bond donors (Lipinski definition) is 2. The van der Waals surface area contributed by atoms with Crippen LogP contribution in [0.4, 0.5) is 10.5 Å². The summed E-state index contributed by atoms with van der Waals surface area (Å²) in [7, 11) is -4.19. The van der Waals surface area contributed by atoms with Crippen molar-refractivity contribution < 1.29 is 36.8 Å². The molecule has 0 aromatic heterocycles. The van der Waals surface area contributed by atoms with Gasteiger partial charge in [-0.25, -0.2) is 9.69 Å². The monoisotopic (exact) mass is 586 g/mol. The number of aromatic hydroxyl groups is 1. The normalized spacial score (nSPS) is 15.0. The van der Waals surface area contributed by atoms with Gasteiger partial charge in [0.2, 0.25) is 0 Å². The molecule has 1 aliphatic rings. The number of urea groups is 1. The first-order valence-corrected chi connectivity index (χ1v) is 13.0. The van der Waals surface area contributed by atoms with E-state index in [-0.39, 0.29) is 44.5 Å². The third-order valence-corrected chi connectivity index (χ3v) is 6.90. The molecule has 10 nitrogen and oxygen atoms in total. The van der Waals surface area contributed by atoms with Crippen LogP contribution in [0.5, 0.6) is 17.2 Å². The molecule has 37 heavy (non-hydrogen) atoms. The van der Waals surface area contributed by atoms with Gasteiger partial charge in [-0.3, -0.25) is 14.9 Å². The highest BCUT2D eigenvalue weighted by atomic mass is 79.9. The van der Waals surface area contributed by atoms with Crippen molar-refractivity contribution in [3.05, 3.63) is 82.3 Å². The topological polar surface area (TPSA) is 139 Å². The zero-order valence-corrected chi connectivity index (χ0v) is 21.6. The third-order valence-electron chi connectivity index (χ3n) is 5.08. The Labute approximate surface area is 220 Å². The SMILES string of the molecule is CCOc1cc(/C=C2\C(=O)NC(=O)N(c3ccc(O)cc3)C2=O)cc(Br)c1OS(=O)(=O)c1ccccc1. The van der Waals surface area contributed by atoms with Crippen molar-refractivity contribution in [3.8, 4) is 17.2 Å². The van der Waals surface area contributed by atoms with Crippen LogP contribution in [0.3, 0.4) is 0 Å². The molecule has 4 amide bonds. The van der Waals surface area contributed by atoms with Crippen LogP contribution in [-0.2, 0) is 19.7 Å². The van der Waals surface area contributed by atoms with Crippen LogP contribution in [0.15, 0.2) is 81.7 Å². The molecule has 0 spiro atoms. The van der Waals surface area contributed by atoms with Crippen LogP contribution in [0.2, 0.25) is 0 Å². The van der Waals surface area contributed by atoms with Crippen molar-refractivity contribution in [2.24, 2.45) is 0 Å². The van der Waals surface area contributed by atoms with Crippen molar-refractivity contribution in [1.82, 2.24) is 5.32 Å². The number of rotatable bonds is 7. The summed E-state index contributed by atoms with van der Waals surface area (Å²) in [5, 5.41) is 11.6. The van der Waals surface area contributed by atoms with E-state index < -0.39 is 28.0 Å². The minimum absolute atomic E-state index is 0.0402. The molecule has 0 bridgehead atoms. The summed E-state index contributed by atoms with van der Waals surface area (Å²) in [6.45, 7) is 1.85. The zero-order valence-electron chi connectivity index (χ0n) is 19.2. The fraction of sp³-hybridized carbons (Fsp3) is 0.0800. The fourth-order valence-corrected chi connectivity index (χ4v) is 5.05. The van der Waals surface area contributed by atoms with E-state index in [4.69, 9.17) is 8.92 Å². The van der Waals surface area contributed by atoms with Gasteiger partial charge in [-0.1, -0.05) is 18.2 Å². The third kappa shape index (κ3) is 5.49. The molecule has 190 valence electrons. The largest absolute Gasteiger partial charge is 0.508 e. The molecule has 12 heteroatoms. The van der Waals surface area contributed by atoms with E-state index in [9.17, 15) is 27.9 Å². The zero-order chi connectivity index (χ0) is 26.7. The standard InChI is InChI=1S/C25H19BrN2O8S/c1-2-35-21-14-15(13-20(26)22(21)36-37(33,34)18-6-4-3-5-7-18)12-19-23(30)27-25(32)28(24(19)31)16-8-10-17(29)11-9-16/h3-14,29H,2H2,1H3,(H,27,30,32)/b19-12+. The average molecular weight is 587 g/mol. The molecule has 3 aromatic carbocycles. The summed E-state index contributed by atoms with van der Waals surface area (Å²) >= 11 is 3.28. The van der Waals surface area contributed by atoms with Crippen molar-refractivity contribution in [2.45, 2.75) is 11.8 Å². The van der Waals surface area contributed by atoms with Gasteiger partial charge in [0.15, 0.2) is 11.5 Å². The van der Waals surface area contributed by atoms with Gasteiger partial charge in [0.25, 0.3) is 11.8 Å². The number of imide groups is 2. The molecule has 1 aliphatic heterocycles. The van der Waals surface area contributed by atoms with Gasteiger partial charge in [-0.2, -0.15) is 8.42 Å². The molecule has 0 atom stereocenters. The van der Waals surface area contributed by atoms with Gasteiger partial charge in [0.05, 0.1) is 16.8 Å². The number of ether oxygens (including phenoxy) is 1. The maximum Gasteiger partial charge on any atom is 0.339 e. The number of hydrogen-bond acceptors (Lipinski definition) is 8. The van der Waals surface area contributed by atoms with E-state index in [1.807, 2.05) is 0 Å². The van der Waals surface area contributed by atoms with Gasteiger partial charge in [-0.05, 0) is 83.0 Å². The molecular formula is C25H19BrN2O8S. The second kappa shape index (κ2) is 10.4. The number of amides is 4. The van der Waals surface area contributed by atoms with Crippen LogP contribution in [0, 0.1) is 0 Å². The lowest BCUT2D eigenvalue weighted by Crippen LogP contribution is -2.54. The fourth-order valence-electron chi connectivity index (χ4n) is 3.42. The van der Waals surface area contributed by atoms with E-state index in [1.165, 1.54) is 54.6 Å². The van der Waals surface area contributed by atoms with E-state index in [2.05, 4.69) is 21.2 Å². The maximum atomic E-state index is 13.1. The van der Waals surface area contributed by atoms with Gasteiger partial charge >= 0.3 is 16.1 Å². The summed E-state index contributed by atoms with van der Waals surface area (Å²) in [5.74, 6) is -1.94. The number of nitrogens with zero attached hydrogens (tertiary/aromatic N) is 1. The van der Waals surface area contributed by atoms with Gasteiger partial charge in [-0.15, -0.1) is 0 Å². The van der Waals surface area contributed by atoms with Gasteiger partial charge < -0.3 is 14.0 Å². The molecule has 0 aliphatic carbocycles. The van der Waals surface area contributed by atoms with Crippen LogP contribution in [0.25, 0.3) is 6.08 Å². The Bertz CT molecular complexity index is 1520. The lowest BCUT2D eigenvalue weighted by Gasteiger charge is -2.26. The second-order valence-electron chi connectivity index (χ2n) is 7.59. The summed E-state index contributed by atoms with van der Waals surface area (Å²) in [5.41, 5.74) is 0.0793. The predicted molar refractivity (Wildman–Crippen MR) is 137 cm³/mol. The number of halogens is 1. The van der Waals surface area contributed by atoms with Crippen molar-refractivity contribution >= 4 is 55.7 Å². The average Bonchev–Trinajstić information content (AvgIpc) is 2.85. The molecule has 2 N–H and O–H groups in total. The Morgan fingerprint density at radius 1 is 1.03 bits per heavy atom. The first kappa shape index (κ1) is 25.9. The number of phenols is 1. The number of anilines is 1. The number of carbonyl (C=O) groups is 3. The Kier molecular flexibility index (Phi) is 7.32. The molecule has 0 saturated carbocycles. The molecule has 3 aromatic rings. The first-order chi connectivity index (χ1) is 17.6. The Morgan fingerprint density at radius 2 is 1.70 bits per heavy atom. The summed E-state index contributed by atoms with van der Waals surface area (Å²) in [4.78, 5) is 38.7. The summed E-state index contributed by atoms with van der Waals surface area (Å²) in [6.07, 6.45) is 1.24. The lowest BCUT2D eigenvalue weighted by atomic mass is 10.1. The smallest absolute Gasteiger partial charge is 0.339 e.